The molecule has 0 aromatic heterocycles. The lowest BCUT2D eigenvalue weighted by atomic mass is 9.94. The van der Waals surface area contributed by atoms with Crippen LogP contribution in [0.3, 0.4) is 0 Å². The van der Waals surface area contributed by atoms with Crippen molar-refractivity contribution < 1.29 is 4.39 Å². The van der Waals surface area contributed by atoms with Crippen LogP contribution in [0.2, 0.25) is 0 Å². The summed E-state index contributed by atoms with van der Waals surface area (Å²) < 4.78 is 13.2. The molecule has 106 valence electrons. The van der Waals surface area contributed by atoms with Gasteiger partial charge >= 0.3 is 0 Å². The number of anilines is 1. The van der Waals surface area contributed by atoms with Crippen LogP contribution in [0.15, 0.2) is 54.6 Å². The molecule has 0 fully saturated rings. The van der Waals surface area contributed by atoms with Crippen molar-refractivity contribution in [3.63, 3.8) is 0 Å². The standard InChI is InChI=1S/C17H21FN2/c1-13(14-6-3-2-4-7-14)10-17(12-19)20-16-9-5-8-15(18)11-16/h2-9,11,13,17,20H,10,12,19H2,1H3. The molecule has 2 nitrogen and oxygen atoms in total. The summed E-state index contributed by atoms with van der Waals surface area (Å²) >= 11 is 0. The van der Waals surface area contributed by atoms with E-state index in [0.29, 0.717) is 12.5 Å². The first-order chi connectivity index (χ1) is 9.69. The zero-order chi connectivity index (χ0) is 14.4. The van der Waals surface area contributed by atoms with Crippen molar-refractivity contribution >= 4 is 5.69 Å². The smallest absolute Gasteiger partial charge is 0.125 e. The maximum absolute atomic E-state index is 13.2. The highest BCUT2D eigenvalue weighted by Crippen LogP contribution is 2.22. The topological polar surface area (TPSA) is 38.0 Å². The van der Waals surface area contributed by atoms with Crippen LogP contribution < -0.4 is 11.1 Å². The van der Waals surface area contributed by atoms with Crippen LogP contribution in [0.4, 0.5) is 10.1 Å². The molecule has 3 N–H and O–H groups in total. The van der Waals surface area contributed by atoms with Crippen molar-refractivity contribution in [3.8, 4) is 0 Å². The van der Waals surface area contributed by atoms with Gasteiger partial charge in [-0.25, -0.2) is 4.39 Å². The predicted molar refractivity (Wildman–Crippen MR) is 82.3 cm³/mol. The average molecular weight is 272 g/mol. The first-order valence-corrected chi connectivity index (χ1v) is 6.96. The summed E-state index contributed by atoms with van der Waals surface area (Å²) in [6, 6.07) is 17.0. The van der Waals surface area contributed by atoms with Crippen molar-refractivity contribution in [2.75, 3.05) is 11.9 Å². The van der Waals surface area contributed by atoms with Crippen molar-refractivity contribution in [1.29, 1.82) is 0 Å². The van der Waals surface area contributed by atoms with Crippen LogP contribution in [0, 0.1) is 5.82 Å². The zero-order valence-corrected chi connectivity index (χ0v) is 11.7. The Morgan fingerprint density at radius 3 is 2.50 bits per heavy atom. The van der Waals surface area contributed by atoms with Gasteiger partial charge in [-0.2, -0.15) is 0 Å². The summed E-state index contributed by atoms with van der Waals surface area (Å²) in [6.07, 6.45) is 0.914. The molecular formula is C17H21FN2. The van der Waals surface area contributed by atoms with E-state index in [1.54, 1.807) is 6.07 Å². The van der Waals surface area contributed by atoms with Gasteiger partial charge in [-0.05, 0) is 36.1 Å². The van der Waals surface area contributed by atoms with Gasteiger partial charge in [0.25, 0.3) is 0 Å². The van der Waals surface area contributed by atoms with E-state index >= 15 is 0 Å². The number of nitrogens with two attached hydrogens (primary N) is 1. The Bertz CT molecular complexity index is 528. The van der Waals surface area contributed by atoms with Gasteiger partial charge in [0.2, 0.25) is 0 Å². The normalized spacial score (nSPS) is 13.8. The molecule has 0 bridgehead atoms. The molecule has 0 aliphatic carbocycles. The molecule has 0 radical (unpaired) electrons. The lowest BCUT2D eigenvalue weighted by molar-refractivity contribution is 0.584. The van der Waals surface area contributed by atoms with Gasteiger partial charge in [0.1, 0.15) is 5.82 Å². The van der Waals surface area contributed by atoms with Crippen LogP contribution in [0.1, 0.15) is 24.8 Å². The van der Waals surface area contributed by atoms with E-state index in [-0.39, 0.29) is 11.9 Å². The molecule has 3 heteroatoms. The zero-order valence-electron chi connectivity index (χ0n) is 11.7. The number of hydrogen-bond donors (Lipinski definition) is 2. The Labute approximate surface area is 119 Å². The number of rotatable bonds is 6. The number of nitrogens with one attached hydrogen (secondary N) is 1. The molecule has 0 spiro atoms. The number of hydrogen-bond acceptors (Lipinski definition) is 2. The Kier molecular flexibility index (Phi) is 5.13. The quantitative estimate of drug-likeness (QED) is 0.840. The average Bonchev–Trinajstić information content (AvgIpc) is 2.47. The maximum atomic E-state index is 13.2. The maximum Gasteiger partial charge on any atom is 0.125 e. The highest BCUT2D eigenvalue weighted by atomic mass is 19.1. The van der Waals surface area contributed by atoms with Crippen LogP contribution in [-0.4, -0.2) is 12.6 Å². The van der Waals surface area contributed by atoms with Gasteiger partial charge in [-0.1, -0.05) is 43.3 Å². The summed E-state index contributed by atoms with van der Waals surface area (Å²) in [5, 5.41) is 3.31. The van der Waals surface area contributed by atoms with Gasteiger partial charge in [0, 0.05) is 18.3 Å². The Balaban J connectivity index is 1.99. The van der Waals surface area contributed by atoms with Gasteiger partial charge in [0.05, 0.1) is 0 Å². The van der Waals surface area contributed by atoms with E-state index in [1.807, 2.05) is 24.3 Å². The molecule has 2 atom stereocenters. The predicted octanol–water partition coefficient (Wildman–Crippen LogP) is 3.76. The fourth-order valence-corrected chi connectivity index (χ4v) is 2.37. The van der Waals surface area contributed by atoms with Gasteiger partial charge in [-0.3, -0.25) is 0 Å². The summed E-state index contributed by atoms with van der Waals surface area (Å²) in [7, 11) is 0. The monoisotopic (exact) mass is 272 g/mol. The molecule has 0 saturated carbocycles. The molecule has 0 heterocycles. The molecule has 0 aliphatic rings. The fraction of sp³-hybridized carbons (Fsp3) is 0.294. The van der Waals surface area contributed by atoms with Gasteiger partial charge in [-0.15, -0.1) is 0 Å². The third-order valence-corrected chi connectivity index (χ3v) is 3.49. The minimum Gasteiger partial charge on any atom is -0.381 e. The van der Waals surface area contributed by atoms with E-state index in [9.17, 15) is 4.39 Å². The number of benzene rings is 2. The third-order valence-electron chi connectivity index (χ3n) is 3.49. The van der Waals surface area contributed by atoms with Crippen LogP contribution >= 0.6 is 0 Å². The summed E-state index contributed by atoms with van der Waals surface area (Å²) in [6.45, 7) is 2.71. The van der Waals surface area contributed by atoms with E-state index in [2.05, 4.69) is 24.4 Å². The SMILES string of the molecule is CC(CC(CN)Nc1cccc(F)c1)c1ccccc1. The highest BCUT2D eigenvalue weighted by Gasteiger charge is 2.13. The molecule has 2 aromatic rings. The van der Waals surface area contributed by atoms with Gasteiger partial charge in [0.15, 0.2) is 0 Å². The second-order valence-electron chi connectivity index (χ2n) is 5.13. The summed E-state index contributed by atoms with van der Waals surface area (Å²) in [5.41, 5.74) is 7.91. The van der Waals surface area contributed by atoms with Crippen molar-refractivity contribution in [2.45, 2.75) is 25.3 Å². The third kappa shape index (κ3) is 4.07. The Morgan fingerprint density at radius 2 is 1.85 bits per heavy atom. The minimum absolute atomic E-state index is 0.131. The van der Waals surface area contributed by atoms with E-state index < -0.39 is 0 Å². The van der Waals surface area contributed by atoms with Crippen molar-refractivity contribution in [2.24, 2.45) is 5.73 Å². The molecule has 20 heavy (non-hydrogen) atoms. The minimum atomic E-state index is -0.234. The molecule has 2 rings (SSSR count). The number of halogens is 1. The van der Waals surface area contributed by atoms with Crippen LogP contribution in [0.25, 0.3) is 0 Å². The molecule has 2 aromatic carbocycles. The summed E-state index contributed by atoms with van der Waals surface area (Å²) in [5.74, 6) is 0.174. The molecular weight excluding hydrogens is 251 g/mol. The van der Waals surface area contributed by atoms with Crippen molar-refractivity contribution in [1.82, 2.24) is 0 Å². The second kappa shape index (κ2) is 7.06. The first kappa shape index (κ1) is 14.5. The second-order valence-corrected chi connectivity index (χ2v) is 5.13. The summed E-state index contributed by atoms with van der Waals surface area (Å²) in [4.78, 5) is 0. The molecule has 2 unspecified atom stereocenters. The molecule has 0 aliphatic heterocycles. The van der Waals surface area contributed by atoms with Crippen molar-refractivity contribution in [3.05, 3.63) is 66.0 Å². The highest BCUT2D eigenvalue weighted by molar-refractivity contribution is 5.44. The molecule has 0 amide bonds. The van der Waals surface area contributed by atoms with Crippen LogP contribution in [0.5, 0.6) is 0 Å². The molecule has 0 saturated heterocycles. The van der Waals surface area contributed by atoms with E-state index in [1.165, 1.54) is 17.7 Å². The van der Waals surface area contributed by atoms with Crippen LogP contribution in [-0.2, 0) is 0 Å². The Morgan fingerprint density at radius 1 is 1.10 bits per heavy atom. The van der Waals surface area contributed by atoms with E-state index in [4.69, 9.17) is 5.73 Å². The first-order valence-electron chi connectivity index (χ1n) is 6.96. The lowest BCUT2D eigenvalue weighted by Crippen LogP contribution is -2.30. The van der Waals surface area contributed by atoms with E-state index in [0.717, 1.165) is 12.1 Å². The fourth-order valence-electron chi connectivity index (χ4n) is 2.37. The Hall–Kier alpha value is -1.87. The lowest BCUT2D eigenvalue weighted by Gasteiger charge is -2.22. The van der Waals surface area contributed by atoms with Gasteiger partial charge < -0.3 is 11.1 Å². The largest absolute Gasteiger partial charge is 0.381 e.